The minimum Gasteiger partial charge on any atom is -0.387 e. The normalized spacial score (nSPS) is 15.2. The van der Waals surface area contributed by atoms with Crippen molar-refractivity contribution in [2.45, 2.75) is 32.3 Å². The second-order valence-corrected chi connectivity index (χ2v) is 5.20. The molecule has 0 aromatic carbocycles. The number of hydrogen-bond acceptors (Lipinski definition) is 2. The summed E-state index contributed by atoms with van der Waals surface area (Å²) in [6.45, 7) is 2.91. The van der Waals surface area contributed by atoms with Crippen molar-refractivity contribution in [2.24, 2.45) is 5.92 Å². The lowest BCUT2D eigenvalue weighted by molar-refractivity contribution is -0.307. The summed E-state index contributed by atoms with van der Waals surface area (Å²) < 4.78 is 74.5. The number of thiophene rings is 1. The first-order chi connectivity index (χ1) is 7.94. The summed E-state index contributed by atoms with van der Waals surface area (Å²) >= 11 is 0.733. The van der Waals surface area contributed by atoms with Crippen LogP contribution in [-0.2, 0) is 0 Å². The molecule has 1 unspecified atom stereocenters. The molecule has 1 atom stereocenters. The molecule has 1 heterocycles. The van der Waals surface area contributed by atoms with Gasteiger partial charge in [-0.05, 0) is 25.5 Å². The van der Waals surface area contributed by atoms with Crippen LogP contribution in [0.1, 0.15) is 21.4 Å². The monoisotopic (exact) mass is 292 g/mol. The third-order valence-electron chi connectivity index (χ3n) is 2.37. The molecule has 0 amide bonds. The van der Waals surface area contributed by atoms with Crippen molar-refractivity contribution >= 4 is 11.3 Å². The fraction of sp³-hybridized carbons (Fsp3) is 0.600. The van der Waals surface area contributed by atoms with Gasteiger partial charge in [0.05, 0.1) is 0 Å². The Morgan fingerprint density at radius 1 is 1.06 bits per heavy atom. The van der Waals surface area contributed by atoms with Crippen LogP contribution in [-0.4, -0.2) is 17.5 Å². The summed E-state index contributed by atoms with van der Waals surface area (Å²) in [7, 11) is 0. The zero-order chi connectivity index (χ0) is 14.3. The molecule has 1 nitrogen and oxygen atoms in total. The van der Waals surface area contributed by atoms with E-state index in [1.54, 1.807) is 6.92 Å². The molecule has 1 aromatic heterocycles. The molecule has 0 saturated carbocycles. The molecular formula is C10H10F6OS. The Bertz CT molecular complexity index is 405. The number of aryl methyl sites for hydroxylation is 2. The van der Waals surface area contributed by atoms with Gasteiger partial charge in [-0.3, -0.25) is 0 Å². The quantitative estimate of drug-likeness (QED) is 0.812. The molecule has 8 heteroatoms. The summed E-state index contributed by atoms with van der Waals surface area (Å²) in [5.41, 5.74) is 0.225. The smallest absolute Gasteiger partial charge is 0.387 e. The lowest BCUT2D eigenvalue weighted by Gasteiger charge is -2.27. The molecule has 0 radical (unpaired) electrons. The Morgan fingerprint density at radius 2 is 1.50 bits per heavy atom. The van der Waals surface area contributed by atoms with Gasteiger partial charge >= 0.3 is 12.4 Å². The average molecular weight is 292 g/mol. The van der Waals surface area contributed by atoms with Gasteiger partial charge in [0.2, 0.25) is 0 Å². The van der Waals surface area contributed by atoms with E-state index in [0.29, 0.717) is 4.88 Å². The maximum absolute atomic E-state index is 12.4. The van der Waals surface area contributed by atoms with Gasteiger partial charge in [0.25, 0.3) is 0 Å². The fourth-order valence-electron chi connectivity index (χ4n) is 1.65. The van der Waals surface area contributed by atoms with Gasteiger partial charge in [-0.15, -0.1) is 11.3 Å². The van der Waals surface area contributed by atoms with Crippen molar-refractivity contribution in [3.63, 3.8) is 0 Å². The molecular weight excluding hydrogens is 282 g/mol. The van der Waals surface area contributed by atoms with E-state index in [4.69, 9.17) is 0 Å². The highest BCUT2D eigenvalue weighted by Gasteiger charge is 2.60. The van der Waals surface area contributed by atoms with Crippen LogP contribution in [0.4, 0.5) is 26.3 Å². The molecule has 18 heavy (non-hydrogen) atoms. The average Bonchev–Trinajstić information content (AvgIpc) is 2.39. The Morgan fingerprint density at radius 3 is 1.78 bits per heavy atom. The summed E-state index contributed by atoms with van der Waals surface area (Å²) in [5.74, 6) is -3.76. The SMILES string of the molecule is Cc1cc(C)c(C(O)C(C(F)(F)F)C(F)(F)F)s1. The molecule has 0 spiro atoms. The first kappa shape index (κ1) is 15.3. The van der Waals surface area contributed by atoms with Crippen LogP contribution in [0.25, 0.3) is 0 Å². The highest BCUT2D eigenvalue weighted by Crippen LogP contribution is 2.48. The van der Waals surface area contributed by atoms with Crippen molar-refractivity contribution < 1.29 is 31.4 Å². The molecule has 0 aliphatic rings. The van der Waals surface area contributed by atoms with E-state index in [1.165, 1.54) is 13.0 Å². The number of halogens is 6. The summed E-state index contributed by atoms with van der Waals surface area (Å²) in [6, 6.07) is 1.44. The first-order valence-corrected chi connectivity index (χ1v) is 5.64. The van der Waals surface area contributed by atoms with Crippen molar-refractivity contribution in [1.29, 1.82) is 0 Å². The van der Waals surface area contributed by atoms with E-state index in [-0.39, 0.29) is 10.4 Å². The van der Waals surface area contributed by atoms with Crippen molar-refractivity contribution in [2.75, 3.05) is 0 Å². The molecule has 0 aliphatic carbocycles. The van der Waals surface area contributed by atoms with Crippen LogP contribution < -0.4 is 0 Å². The second kappa shape index (κ2) is 4.73. The van der Waals surface area contributed by atoms with Gasteiger partial charge in [-0.1, -0.05) is 0 Å². The zero-order valence-corrected chi connectivity index (χ0v) is 10.2. The summed E-state index contributed by atoms with van der Waals surface area (Å²) in [4.78, 5) is 0.247. The van der Waals surface area contributed by atoms with E-state index >= 15 is 0 Å². The van der Waals surface area contributed by atoms with Crippen LogP contribution in [0.5, 0.6) is 0 Å². The summed E-state index contributed by atoms with van der Waals surface area (Å²) in [6.07, 6.45) is -13.7. The maximum atomic E-state index is 12.4. The number of aliphatic hydroxyl groups is 1. The molecule has 0 fully saturated rings. The molecule has 0 aliphatic heterocycles. The second-order valence-electron chi connectivity index (χ2n) is 3.91. The largest absolute Gasteiger partial charge is 0.403 e. The fourth-order valence-corrected chi connectivity index (χ4v) is 2.71. The van der Waals surface area contributed by atoms with E-state index in [0.717, 1.165) is 11.3 Å². The number of hydrogen-bond donors (Lipinski definition) is 1. The zero-order valence-electron chi connectivity index (χ0n) is 9.36. The van der Waals surface area contributed by atoms with Gasteiger partial charge in [0, 0.05) is 9.75 Å². The molecule has 104 valence electrons. The molecule has 0 saturated heterocycles. The van der Waals surface area contributed by atoms with Crippen LogP contribution >= 0.6 is 11.3 Å². The molecule has 1 N–H and O–H groups in total. The van der Waals surface area contributed by atoms with E-state index in [2.05, 4.69) is 0 Å². The predicted molar refractivity (Wildman–Crippen MR) is 54.4 cm³/mol. The van der Waals surface area contributed by atoms with Crippen molar-refractivity contribution in [3.8, 4) is 0 Å². The van der Waals surface area contributed by atoms with Gasteiger partial charge in [0.15, 0.2) is 5.92 Å². The van der Waals surface area contributed by atoms with Gasteiger partial charge < -0.3 is 5.11 Å². The van der Waals surface area contributed by atoms with Gasteiger partial charge in [-0.2, -0.15) is 26.3 Å². The minimum atomic E-state index is -5.54. The Balaban J connectivity index is 3.19. The Hall–Kier alpha value is -0.760. The van der Waals surface area contributed by atoms with Crippen molar-refractivity contribution in [3.05, 3.63) is 21.4 Å². The van der Waals surface area contributed by atoms with Crippen LogP contribution in [0.15, 0.2) is 6.07 Å². The lowest BCUT2D eigenvalue weighted by Crippen LogP contribution is -2.40. The predicted octanol–water partition coefficient (Wildman–Crippen LogP) is 4.14. The van der Waals surface area contributed by atoms with Gasteiger partial charge in [-0.25, -0.2) is 0 Å². The Kier molecular flexibility index (Phi) is 4.02. The van der Waals surface area contributed by atoms with E-state index in [9.17, 15) is 31.4 Å². The van der Waals surface area contributed by atoms with Crippen LogP contribution in [0.3, 0.4) is 0 Å². The van der Waals surface area contributed by atoms with Crippen LogP contribution in [0, 0.1) is 19.8 Å². The van der Waals surface area contributed by atoms with Gasteiger partial charge in [0.1, 0.15) is 6.10 Å². The minimum absolute atomic E-state index is 0.225. The maximum Gasteiger partial charge on any atom is 0.403 e. The molecule has 1 rings (SSSR count). The summed E-state index contributed by atoms with van der Waals surface area (Å²) in [5, 5.41) is 9.42. The molecule has 1 aromatic rings. The molecule has 0 bridgehead atoms. The lowest BCUT2D eigenvalue weighted by atomic mass is 9.98. The standard InChI is InChI=1S/C10H10F6OS/c1-4-3-5(2)18-7(4)6(17)8(9(11,12)13)10(14,15)16/h3,6,8,17H,1-2H3. The van der Waals surface area contributed by atoms with Crippen LogP contribution in [0.2, 0.25) is 0 Å². The highest BCUT2D eigenvalue weighted by molar-refractivity contribution is 7.12. The number of rotatable bonds is 2. The number of aliphatic hydroxyl groups excluding tert-OH is 1. The van der Waals surface area contributed by atoms with E-state index in [1.807, 2.05) is 0 Å². The van der Waals surface area contributed by atoms with E-state index < -0.39 is 24.4 Å². The number of alkyl halides is 6. The van der Waals surface area contributed by atoms with Crippen molar-refractivity contribution in [1.82, 2.24) is 0 Å². The third kappa shape index (κ3) is 3.17. The topological polar surface area (TPSA) is 20.2 Å². The first-order valence-electron chi connectivity index (χ1n) is 4.83. The Labute approximate surface area is 103 Å². The third-order valence-corrected chi connectivity index (χ3v) is 3.59. The highest BCUT2D eigenvalue weighted by atomic mass is 32.1.